The number of nitrogens with zero attached hydrogens (tertiary/aromatic N) is 6. The predicted molar refractivity (Wildman–Crippen MR) is 82.8 cm³/mol. The Morgan fingerprint density at radius 1 is 1.22 bits per heavy atom. The molecule has 0 unspecified atom stereocenters. The van der Waals surface area contributed by atoms with Gasteiger partial charge in [0.05, 0.1) is 24.8 Å². The second-order valence-electron chi connectivity index (χ2n) is 5.85. The average Bonchev–Trinajstić information content (AvgIpc) is 3.10. The molecule has 1 aliphatic rings. The Kier molecular flexibility index (Phi) is 4.22. The molecule has 0 atom stereocenters. The SMILES string of the molecule is Cc1ncn(CC(=O)N2CCC(n3nccn3)CC2)c(=O)c1C. The molecule has 1 saturated heterocycles. The van der Waals surface area contributed by atoms with Crippen molar-refractivity contribution in [3.05, 3.63) is 40.3 Å². The lowest BCUT2D eigenvalue weighted by molar-refractivity contribution is -0.133. The summed E-state index contributed by atoms with van der Waals surface area (Å²) < 4.78 is 1.38. The van der Waals surface area contributed by atoms with Gasteiger partial charge in [-0.25, -0.2) is 4.98 Å². The normalized spacial score (nSPS) is 15.8. The molecule has 0 aromatic carbocycles. The van der Waals surface area contributed by atoms with E-state index in [1.165, 1.54) is 10.9 Å². The van der Waals surface area contributed by atoms with Crippen molar-refractivity contribution in [1.82, 2.24) is 29.4 Å². The number of hydrogen-bond donors (Lipinski definition) is 0. The van der Waals surface area contributed by atoms with Gasteiger partial charge in [-0.3, -0.25) is 14.2 Å². The lowest BCUT2D eigenvalue weighted by Gasteiger charge is -2.31. The van der Waals surface area contributed by atoms with E-state index in [2.05, 4.69) is 15.2 Å². The molecule has 0 radical (unpaired) electrons. The monoisotopic (exact) mass is 316 g/mol. The van der Waals surface area contributed by atoms with E-state index in [1.807, 2.05) is 0 Å². The minimum absolute atomic E-state index is 0.0393. The summed E-state index contributed by atoms with van der Waals surface area (Å²) in [6.07, 6.45) is 6.41. The predicted octanol–water partition coefficient (Wildman–Crippen LogP) is 0.315. The fourth-order valence-corrected chi connectivity index (χ4v) is 2.79. The second-order valence-corrected chi connectivity index (χ2v) is 5.85. The molecule has 0 aliphatic carbocycles. The number of piperidine rings is 1. The Balaban J connectivity index is 1.62. The van der Waals surface area contributed by atoms with E-state index in [-0.39, 0.29) is 24.1 Å². The van der Waals surface area contributed by atoms with Crippen LogP contribution in [0, 0.1) is 13.8 Å². The summed E-state index contributed by atoms with van der Waals surface area (Å²) in [6.45, 7) is 4.86. The Morgan fingerprint density at radius 3 is 2.52 bits per heavy atom. The van der Waals surface area contributed by atoms with Crippen LogP contribution in [0.25, 0.3) is 0 Å². The molecule has 0 N–H and O–H groups in total. The lowest BCUT2D eigenvalue weighted by Crippen LogP contribution is -2.42. The van der Waals surface area contributed by atoms with Crippen molar-refractivity contribution in [2.24, 2.45) is 0 Å². The van der Waals surface area contributed by atoms with E-state index in [9.17, 15) is 9.59 Å². The number of likely N-dealkylation sites (tertiary alicyclic amines) is 1. The van der Waals surface area contributed by atoms with Gasteiger partial charge in [-0.1, -0.05) is 0 Å². The molecule has 1 amide bonds. The first kappa shape index (κ1) is 15.4. The molecular weight excluding hydrogens is 296 g/mol. The van der Waals surface area contributed by atoms with Crippen LogP contribution in [0.4, 0.5) is 0 Å². The van der Waals surface area contributed by atoms with Gasteiger partial charge >= 0.3 is 0 Å². The van der Waals surface area contributed by atoms with Gasteiger partial charge in [-0.2, -0.15) is 15.0 Å². The van der Waals surface area contributed by atoms with Crippen LogP contribution in [0.2, 0.25) is 0 Å². The molecule has 0 bridgehead atoms. The van der Waals surface area contributed by atoms with E-state index < -0.39 is 0 Å². The Hall–Kier alpha value is -2.51. The average molecular weight is 316 g/mol. The second kappa shape index (κ2) is 6.31. The summed E-state index contributed by atoms with van der Waals surface area (Å²) in [5.74, 6) is -0.0518. The highest BCUT2D eigenvalue weighted by atomic mass is 16.2. The topological polar surface area (TPSA) is 85.9 Å². The largest absolute Gasteiger partial charge is 0.341 e. The van der Waals surface area contributed by atoms with E-state index in [1.54, 1.807) is 35.9 Å². The van der Waals surface area contributed by atoms with E-state index >= 15 is 0 Å². The summed E-state index contributed by atoms with van der Waals surface area (Å²) in [5, 5.41) is 8.31. The number of aromatic nitrogens is 5. The minimum atomic E-state index is -0.151. The lowest BCUT2D eigenvalue weighted by atomic mass is 10.1. The molecule has 2 aromatic heterocycles. The highest BCUT2D eigenvalue weighted by Gasteiger charge is 2.25. The zero-order valence-electron chi connectivity index (χ0n) is 13.3. The van der Waals surface area contributed by atoms with Crippen molar-refractivity contribution in [2.75, 3.05) is 13.1 Å². The van der Waals surface area contributed by atoms with Crippen molar-refractivity contribution in [2.45, 2.75) is 39.3 Å². The van der Waals surface area contributed by atoms with Gasteiger partial charge in [-0.15, -0.1) is 0 Å². The maximum absolute atomic E-state index is 12.4. The molecule has 2 aromatic rings. The minimum Gasteiger partial charge on any atom is -0.341 e. The summed E-state index contributed by atoms with van der Waals surface area (Å²) >= 11 is 0. The molecule has 3 rings (SSSR count). The van der Waals surface area contributed by atoms with Crippen molar-refractivity contribution in [3.63, 3.8) is 0 Å². The molecule has 0 spiro atoms. The van der Waals surface area contributed by atoms with Gasteiger partial charge in [0.2, 0.25) is 5.91 Å². The highest BCUT2D eigenvalue weighted by Crippen LogP contribution is 2.20. The quantitative estimate of drug-likeness (QED) is 0.814. The van der Waals surface area contributed by atoms with Crippen LogP contribution in [-0.4, -0.2) is 48.4 Å². The van der Waals surface area contributed by atoms with Crippen molar-refractivity contribution >= 4 is 5.91 Å². The zero-order chi connectivity index (χ0) is 16.4. The van der Waals surface area contributed by atoms with Crippen LogP contribution in [-0.2, 0) is 11.3 Å². The van der Waals surface area contributed by atoms with Gasteiger partial charge in [0.1, 0.15) is 6.54 Å². The molecule has 8 nitrogen and oxygen atoms in total. The van der Waals surface area contributed by atoms with E-state index in [0.29, 0.717) is 24.3 Å². The van der Waals surface area contributed by atoms with Crippen LogP contribution in [0.15, 0.2) is 23.5 Å². The van der Waals surface area contributed by atoms with E-state index in [0.717, 1.165) is 12.8 Å². The van der Waals surface area contributed by atoms with Crippen LogP contribution in [0.3, 0.4) is 0 Å². The van der Waals surface area contributed by atoms with Gasteiger partial charge < -0.3 is 4.90 Å². The van der Waals surface area contributed by atoms with Crippen LogP contribution >= 0.6 is 0 Å². The van der Waals surface area contributed by atoms with Crippen molar-refractivity contribution in [3.8, 4) is 0 Å². The van der Waals surface area contributed by atoms with Crippen molar-refractivity contribution < 1.29 is 4.79 Å². The van der Waals surface area contributed by atoms with Crippen LogP contribution in [0.1, 0.15) is 30.1 Å². The summed E-state index contributed by atoms with van der Waals surface area (Å²) in [7, 11) is 0. The molecule has 1 fully saturated rings. The summed E-state index contributed by atoms with van der Waals surface area (Å²) in [5.41, 5.74) is 1.14. The van der Waals surface area contributed by atoms with Crippen LogP contribution in [0.5, 0.6) is 0 Å². The van der Waals surface area contributed by atoms with Crippen LogP contribution < -0.4 is 5.56 Å². The smallest absolute Gasteiger partial charge is 0.256 e. The molecule has 23 heavy (non-hydrogen) atoms. The maximum Gasteiger partial charge on any atom is 0.256 e. The molecule has 122 valence electrons. The number of rotatable bonds is 3. The third-order valence-corrected chi connectivity index (χ3v) is 4.40. The number of amides is 1. The molecule has 0 saturated carbocycles. The molecular formula is C15H20N6O2. The van der Waals surface area contributed by atoms with Gasteiger partial charge in [0.15, 0.2) is 0 Å². The number of aryl methyl sites for hydroxylation is 1. The first-order valence-electron chi connectivity index (χ1n) is 7.72. The van der Waals surface area contributed by atoms with Crippen molar-refractivity contribution in [1.29, 1.82) is 0 Å². The third kappa shape index (κ3) is 3.15. The Morgan fingerprint density at radius 2 is 1.87 bits per heavy atom. The number of carbonyl (C=O) groups excluding carboxylic acids is 1. The molecule has 8 heteroatoms. The number of hydrogen-bond acceptors (Lipinski definition) is 5. The fraction of sp³-hybridized carbons (Fsp3) is 0.533. The molecule has 3 heterocycles. The Labute approximate surface area is 133 Å². The fourth-order valence-electron chi connectivity index (χ4n) is 2.79. The first-order valence-corrected chi connectivity index (χ1v) is 7.72. The standard InChI is InChI=1S/C15H20N6O2/c1-11-12(2)16-10-20(15(11)23)9-14(22)19-7-3-13(4-8-19)21-17-5-6-18-21/h5-6,10,13H,3-4,7-9H2,1-2H3. The van der Waals surface area contributed by atoms with Gasteiger partial charge in [-0.05, 0) is 26.7 Å². The highest BCUT2D eigenvalue weighted by molar-refractivity contribution is 5.76. The molecule has 1 aliphatic heterocycles. The first-order chi connectivity index (χ1) is 11.1. The van der Waals surface area contributed by atoms with E-state index in [4.69, 9.17) is 0 Å². The Bertz CT molecular complexity index is 744. The van der Waals surface area contributed by atoms with Gasteiger partial charge in [0, 0.05) is 24.3 Å². The number of carbonyl (C=O) groups is 1. The zero-order valence-corrected chi connectivity index (χ0v) is 13.3. The van der Waals surface area contributed by atoms with Gasteiger partial charge in [0.25, 0.3) is 5.56 Å². The third-order valence-electron chi connectivity index (χ3n) is 4.40. The summed E-state index contributed by atoms with van der Waals surface area (Å²) in [4.78, 5) is 32.2. The summed E-state index contributed by atoms with van der Waals surface area (Å²) in [6, 6.07) is 0.236. The maximum atomic E-state index is 12.4.